The predicted molar refractivity (Wildman–Crippen MR) is 54.6 cm³/mol. The summed E-state index contributed by atoms with van der Waals surface area (Å²) in [6.45, 7) is 0. The minimum atomic E-state index is -2.96. The molecular weight excluding hydrogens is 200 g/mol. The smallest absolute Gasteiger partial charge is 0.151 e. The summed E-state index contributed by atoms with van der Waals surface area (Å²) in [4.78, 5) is 6.99. The van der Waals surface area contributed by atoms with Crippen molar-refractivity contribution >= 4 is 20.9 Å². The van der Waals surface area contributed by atoms with Crippen LogP contribution < -0.4 is 0 Å². The number of sulfone groups is 1. The molecule has 1 heterocycles. The molecule has 0 aliphatic rings. The Balaban J connectivity index is 2.44. The average Bonchev–Trinajstić information content (AvgIpc) is 2.47. The zero-order valence-corrected chi connectivity index (χ0v) is 8.50. The van der Waals surface area contributed by atoms with Gasteiger partial charge in [-0.3, -0.25) is 0 Å². The summed E-state index contributed by atoms with van der Waals surface area (Å²) in [7, 11) is -2.96. The third kappa shape index (κ3) is 1.93. The van der Waals surface area contributed by atoms with Crippen LogP contribution in [0.25, 0.3) is 11.0 Å². The summed E-state index contributed by atoms with van der Waals surface area (Å²) in [5.41, 5.74) is 2.50. The van der Waals surface area contributed by atoms with Crippen LogP contribution in [-0.4, -0.2) is 24.6 Å². The maximum Gasteiger partial charge on any atom is 0.151 e. The average molecular weight is 210 g/mol. The molecule has 2 rings (SSSR count). The Hall–Kier alpha value is -1.36. The Morgan fingerprint density at radius 3 is 2.93 bits per heavy atom. The van der Waals surface area contributed by atoms with Gasteiger partial charge in [-0.2, -0.15) is 0 Å². The third-order valence-electron chi connectivity index (χ3n) is 1.91. The molecule has 0 radical (unpaired) electrons. The van der Waals surface area contributed by atoms with Gasteiger partial charge in [-0.05, 0) is 17.7 Å². The lowest BCUT2D eigenvalue weighted by Gasteiger charge is -1.98. The molecule has 1 aromatic carbocycles. The van der Waals surface area contributed by atoms with Crippen LogP contribution in [0.5, 0.6) is 0 Å². The first-order valence-corrected chi connectivity index (χ1v) is 6.20. The quantitative estimate of drug-likeness (QED) is 0.807. The van der Waals surface area contributed by atoms with Crippen molar-refractivity contribution in [3.63, 3.8) is 0 Å². The second-order valence-corrected chi connectivity index (χ2v) is 5.46. The third-order valence-corrected chi connectivity index (χ3v) is 2.77. The van der Waals surface area contributed by atoms with Crippen molar-refractivity contribution in [2.24, 2.45) is 0 Å². The summed E-state index contributed by atoms with van der Waals surface area (Å²) >= 11 is 0. The molecule has 0 spiro atoms. The number of H-pyrrole nitrogens is 1. The van der Waals surface area contributed by atoms with E-state index in [0.717, 1.165) is 16.6 Å². The van der Waals surface area contributed by atoms with Crippen molar-refractivity contribution in [1.29, 1.82) is 0 Å². The lowest BCUT2D eigenvalue weighted by Crippen LogP contribution is -2.00. The Kier molecular flexibility index (Phi) is 2.03. The van der Waals surface area contributed by atoms with Crippen LogP contribution in [0.3, 0.4) is 0 Å². The van der Waals surface area contributed by atoms with Crippen molar-refractivity contribution in [1.82, 2.24) is 9.97 Å². The van der Waals surface area contributed by atoms with E-state index in [1.54, 1.807) is 12.4 Å². The van der Waals surface area contributed by atoms with E-state index in [-0.39, 0.29) is 5.75 Å². The van der Waals surface area contributed by atoms with E-state index in [1.807, 2.05) is 12.1 Å². The maximum absolute atomic E-state index is 11.0. The number of hydrogen-bond acceptors (Lipinski definition) is 3. The van der Waals surface area contributed by atoms with Crippen molar-refractivity contribution in [2.75, 3.05) is 6.26 Å². The van der Waals surface area contributed by atoms with Crippen LogP contribution in [0.2, 0.25) is 0 Å². The van der Waals surface area contributed by atoms with Gasteiger partial charge in [0.15, 0.2) is 9.84 Å². The molecule has 2 aromatic rings. The minimum absolute atomic E-state index is 0.0714. The van der Waals surface area contributed by atoms with E-state index in [2.05, 4.69) is 9.97 Å². The molecule has 0 fully saturated rings. The number of nitrogens with one attached hydrogen (secondary N) is 1. The van der Waals surface area contributed by atoms with Gasteiger partial charge in [0.2, 0.25) is 0 Å². The van der Waals surface area contributed by atoms with Gasteiger partial charge in [-0.1, -0.05) is 6.07 Å². The molecule has 0 amide bonds. The molecule has 4 nitrogen and oxygen atoms in total. The standard InChI is InChI=1S/C9H10N2O2S/c1-14(12,13)5-7-2-3-8-9(4-7)11-6-10-8/h2-4,6H,5H2,1H3,(H,10,11). The van der Waals surface area contributed by atoms with E-state index in [9.17, 15) is 8.42 Å². The first-order chi connectivity index (χ1) is 6.54. The fraction of sp³-hybridized carbons (Fsp3) is 0.222. The number of fused-ring (bicyclic) bond motifs is 1. The van der Waals surface area contributed by atoms with Crippen molar-refractivity contribution in [3.8, 4) is 0 Å². The highest BCUT2D eigenvalue weighted by Gasteiger charge is 2.05. The normalized spacial score (nSPS) is 12.1. The number of aromatic amines is 1. The summed E-state index contributed by atoms with van der Waals surface area (Å²) in [6, 6.07) is 5.40. The molecule has 0 aliphatic carbocycles. The fourth-order valence-corrected chi connectivity index (χ4v) is 2.16. The molecule has 14 heavy (non-hydrogen) atoms. The molecular formula is C9H10N2O2S. The van der Waals surface area contributed by atoms with Gasteiger partial charge in [-0.15, -0.1) is 0 Å². The first-order valence-electron chi connectivity index (χ1n) is 4.14. The van der Waals surface area contributed by atoms with Crippen LogP contribution in [0.4, 0.5) is 0 Å². The fourth-order valence-electron chi connectivity index (χ4n) is 1.38. The van der Waals surface area contributed by atoms with Gasteiger partial charge < -0.3 is 4.98 Å². The first kappa shape index (κ1) is 9.21. The Bertz CT molecular complexity index is 557. The molecule has 0 saturated heterocycles. The number of imidazole rings is 1. The van der Waals surface area contributed by atoms with E-state index >= 15 is 0 Å². The van der Waals surface area contributed by atoms with Gasteiger partial charge >= 0.3 is 0 Å². The van der Waals surface area contributed by atoms with Gasteiger partial charge in [0.05, 0.1) is 23.1 Å². The molecule has 5 heteroatoms. The number of aromatic nitrogens is 2. The number of hydrogen-bond donors (Lipinski definition) is 1. The summed E-state index contributed by atoms with van der Waals surface area (Å²) in [5, 5.41) is 0. The lowest BCUT2D eigenvalue weighted by molar-refractivity contribution is 0.601. The maximum atomic E-state index is 11.0. The molecule has 0 saturated carbocycles. The predicted octanol–water partition coefficient (Wildman–Crippen LogP) is 1.11. The van der Waals surface area contributed by atoms with Gasteiger partial charge in [0, 0.05) is 6.26 Å². The number of benzene rings is 1. The van der Waals surface area contributed by atoms with Crippen LogP contribution in [-0.2, 0) is 15.6 Å². The highest BCUT2D eigenvalue weighted by Crippen LogP contribution is 2.13. The zero-order chi connectivity index (χ0) is 10.2. The van der Waals surface area contributed by atoms with Gasteiger partial charge in [0.1, 0.15) is 0 Å². The topological polar surface area (TPSA) is 62.8 Å². The molecule has 0 atom stereocenters. The highest BCUT2D eigenvalue weighted by molar-refractivity contribution is 7.89. The number of rotatable bonds is 2. The molecule has 1 aromatic heterocycles. The minimum Gasteiger partial charge on any atom is -0.345 e. The van der Waals surface area contributed by atoms with E-state index < -0.39 is 9.84 Å². The van der Waals surface area contributed by atoms with E-state index in [4.69, 9.17) is 0 Å². The van der Waals surface area contributed by atoms with Crippen LogP contribution in [0.15, 0.2) is 24.5 Å². The lowest BCUT2D eigenvalue weighted by atomic mass is 10.2. The second kappa shape index (κ2) is 3.09. The van der Waals surface area contributed by atoms with Crippen LogP contribution in [0.1, 0.15) is 5.56 Å². The summed E-state index contributed by atoms with van der Waals surface area (Å²) < 4.78 is 22.1. The Morgan fingerprint density at radius 2 is 2.21 bits per heavy atom. The monoisotopic (exact) mass is 210 g/mol. The van der Waals surface area contributed by atoms with E-state index in [0.29, 0.717) is 0 Å². The van der Waals surface area contributed by atoms with Crippen LogP contribution >= 0.6 is 0 Å². The summed E-state index contributed by atoms with van der Waals surface area (Å²) in [6.07, 6.45) is 2.82. The van der Waals surface area contributed by atoms with E-state index in [1.165, 1.54) is 6.26 Å². The van der Waals surface area contributed by atoms with Crippen molar-refractivity contribution < 1.29 is 8.42 Å². The largest absolute Gasteiger partial charge is 0.345 e. The van der Waals surface area contributed by atoms with Crippen molar-refractivity contribution in [2.45, 2.75) is 5.75 Å². The summed E-state index contributed by atoms with van der Waals surface area (Å²) in [5.74, 6) is 0.0714. The van der Waals surface area contributed by atoms with Crippen molar-refractivity contribution in [3.05, 3.63) is 30.1 Å². The highest BCUT2D eigenvalue weighted by atomic mass is 32.2. The van der Waals surface area contributed by atoms with Gasteiger partial charge in [0.25, 0.3) is 0 Å². The Morgan fingerprint density at radius 1 is 1.43 bits per heavy atom. The molecule has 0 aliphatic heterocycles. The number of nitrogens with zero attached hydrogens (tertiary/aromatic N) is 1. The molecule has 74 valence electrons. The molecule has 0 bridgehead atoms. The second-order valence-electron chi connectivity index (χ2n) is 3.32. The van der Waals surface area contributed by atoms with Gasteiger partial charge in [-0.25, -0.2) is 13.4 Å². The molecule has 0 unspecified atom stereocenters. The van der Waals surface area contributed by atoms with Crippen LogP contribution in [0, 0.1) is 0 Å². The molecule has 1 N–H and O–H groups in total. The Labute approximate surface area is 81.9 Å². The zero-order valence-electron chi connectivity index (χ0n) is 7.69. The SMILES string of the molecule is CS(=O)(=O)Cc1ccc2nc[nH]c2c1.